The number of aryl methyl sites for hydroxylation is 1. The van der Waals surface area contributed by atoms with Crippen molar-refractivity contribution < 1.29 is 37.4 Å². The maximum Gasteiger partial charge on any atom is 0.412 e. The van der Waals surface area contributed by atoms with Crippen molar-refractivity contribution >= 4 is 71.0 Å². The van der Waals surface area contributed by atoms with Gasteiger partial charge in [-0.3, -0.25) is 20.2 Å². The topological polar surface area (TPSA) is 183 Å². The van der Waals surface area contributed by atoms with Gasteiger partial charge >= 0.3 is 12.2 Å². The summed E-state index contributed by atoms with van der Waals surface area (Å²) in [6.45, 7) is 13.9. The fourth-order valence-corrected chi connectivity index (χ4v) is 8.46. The van der Waals surface area contributed by atoms with Crippen LogP contribution in [0.2, 0.25) is 10.0 Å². The third-order valence-corrected chi connectivity index (χ3v) is 13.5. The fraction of sp³-hybridized carbons (Fsp3) is 0.414. The van der Waals surface area contributed by atoms with Crippen molar-refractivity contribution in [3.63, 3.8) is 0 Å². The minimum Gasteiger partial charge on any atom is -0.438 e. The van der Waals surface area contributed by atoms with Gasteiger partial charge in [-0.25, -0.2) is 18.4 Å². The molecule has 4 aromatic carbocycles. The van der Waals surface area contributed by atoms with E-state index in [9.17, 15) is 28.0 Å². The van der Waals surface area contributed by atoms with E-state index in [4.69, 9.17) is 43.5 Å². The zero-order valence-electron chi connectivity index (χ0n) is 43.6. The lowest BCUT2D eigenvalue weighted by atomic mass is 9.88. The first-order valence-corrected chi connectivity index (χ1v) is 26.0. The van der Waals surface area contributed by atoms with Crippen LogP contribution in [0.25, 0.3) is 0 Å². The Morgan fingerprint density at radius 3 is 1.46 bits per heavy atom. The summed E-state index contributed by atoms with van der Waals surface area (Å²) in [5, 5.41) is 24.4. The molecule has 2 fully saturated rings. The second-order valence-corrected chi connectivity index (χ2v) is 19.9. The van der Waals surface area contributed by atoms with Crippen LogP contribution in [0.1, 0.15) is 134 Å². The highest BCUT2D eigenvalue weighted by molar-refractivity contribution is 6.31. The van der Waals surface area contributed by atoms with Gasteiger partial charge in [-0.2, -0.15) is 0 Å². The number of cyclic esters (lactones) is 2. The third-order valence-electron chi connectivity index (χ3n) is 12.9. The van der Waals surface area contributed by atoms with E-state index in [1.165, 1.54) is 79.6 Å². The van der Waals surface area contributed by atoms with Crippen LogP contribution in [-0.4, -0.2) is 49.5 Å². The number of fused-ring (bicyclic) bond motifs is 2. The first kappa shape index (κ1) is 60.2. The zero-order chi connectivity index (χ0) is 54.4. The second-order valence-electron chi connectivity index (χ2n) is 19.1. The van der Waals surface area contributed by atoms with Crippen molar-refractivity contribution in [1.82, 2.24) is 10.6 Å². The number of ether oxygens (including phenoxy) is 2. The number of hydrogen-bond acceptors (Lipinski definition) is 8. The highest BCUT2D eigenvalue weighted by Crippen LogP contribution is 2.44. The summed E-state index contributed by atoms with van der Waals surface area (Å²) in [5.41, 5.74) is 2.07. The molecule has 2 aliphatic heterocycles. The molecule has 398 valence electrons. The minimum absolute atomic E-state index is 0.0539. The quantitative estimate of drug-likeness (QED) is 0.0369. The molecular formula is C58H72Cl2F2N6O6. The van der Waals surface area contributed by atoms with E-state index >= 15 is 0 Å². The molecule has 0 spiro atoms. The normalized spacial score (nSPS) is 18.7. The number of allylic oxidation sites excluding steroid dienone is 2. The second kappa shape index (κ2) is 29.5. The van der Waals surface area contributed by atoms with Gasteiger partial charge in [0.15, 0.2) is 11.6 Å². The van der Waals surface area contributed by atoms with E-state index < -0.39 is 35.0 Å². The van der Waals surface area contributed by atoms with Crippen LogP contribution in [-0.2, 0) is 36.7 Å². The van der Waals surface area contributed by atoms with Crippen LogP contribution in [0.15, 0.2) is 108 Å². The summed E-state index contributed by atoms with van der Waals surface area (Å²) >= 11 is 11.7. The molecule has 4 aliphatic rings. The van der Waals surface area contributed by atoms with E-state index in [1.54, 1.807) is 27.7 Å². The Bertz CT molecular complexity index is 2480. The van der Waals surface area contributed by atoms with Crippen molar-refractivity contribution in [2.45, 2.75) is 130 Å². The first-order chi connectivity index (χ1) is 35.3. The summed E-state index contributed by atoms with van der Waals surface area (Å²) in [7, 11) is 0. The van der Waals surface area contributed by atoms with Gasteiger partial charge in [-0.15, -0.1) is 0 Å². The number of carbonyl (C=O) groups is 4. The first-order valence-electron chi connectivity index (χ1n) is 25.3. The van der Waals surface area contributed by atoms with Crippen molar-refractivity contribution in [3.05, 3.63) is 152 Å². The molecule has 4 aromatic rings. The van der Waals surface area contributed by atoms with Crippen LogP contribution in [0, 0.1) is 34.3 Å². The lowest BCUT2D eigenvalue weighted by molar-refractivity contribution is -0.117. The highest BCUT2D eigenvalue weighted by Gasteiger charge is 2.42. The summed E-state index contributed by atoms with van der Waals surface area (Å²) in [6.07, 6.45) is 13.6. The van der Waals surface area contributed by atoms with Crippen molar-refractivity contribution in [2.24, 2.45) is 11.8 Å². The molecule has 0 aromatic heterocycles. The predicted molar refractivity (Wildman–Crippen MR) is 294 cm³/mol. The number of anilines is 2. The monoisotopic (exact) mass is 1060 g/mol. The van der Waals surface area contributed by atoms with E-state index in [0.29, 0.717) is 50.1 Å². The lowest BCUT2D eigenvalue weighted by Crippen LogP contribution is -2.39. The predicted octanol–water partition coefficient (Wildman–Crippen LogP) is 14.8. The molecule has 2 aliphatic carbocycles. The number of rotatable bonds is 16. The molecule has 2 heterocycles. The smallest absolute Gasteiger partial charge is 0.412 e. The molecule has 0 radical (unpaired) electrons. The van der Waals surface area contributed by atoms with Gasteiger partial charge in [0.2, 0.25) is 0 Å². The largest absolute Gasteiger partial charge is 0.438 e. The number of benzene rings is 4. The summed E-state index contributed by atoms with van der Waals surface area (Å²) in [5.74, 6) is 0.898. The van der Waals surface area contributed by atoms with E-state index in [0.717, 1.165) is 36.6 Å². The molecule has 12 nitrogen and oxygen atoms in total. The molecule has 2 saturated carbocycles. The molecule has 3 atom stereocenters. The highest BCUT2D eigenvalue weighted by atomic mass is 35.5. The molecule has 16 heteroatoms. The Labute approximate surface area is 445 Å². The van der Waals surface area contributed by atoms with E-state index in [2.05, 4.69) is 96.6 Å². The molecule has 0 unspecified atom stereocenters. The minimum atomic E-state index is -1.19. The van der Waals surface area contributed by atoms with Crippen LogP contribution in [0.4, 0.5) is 29.7 Å². The van der Waals surface area contributed by atoms with Crippen molar-refractivity contribution in [1.29, 1.82) is 10.8 Å². The van der Waals surface area contributed by atoms with Gasteiger partial charge in [0.1, 0.15) is 11.2 Å². The average Bonchev–Trinajstić information content (AvgIpc) is 4.35. The van der Waals surface area contributed by atoms with Gasteiger partial charge in [0.05, 0.1) is 43.7 Å². The average molecular weight is 1060 g/mol. The van der Waals surface area contributed by atoms with Gasteiger partial charge in [0, 0.05) is 25.5 Å². The molecule has 6 N–H and O–H groups in total. The lowest BCUT2D eigenvalue weighted by Gasteiger charge is -2.36. The van der Waals surface area contributed by atoms with Crippen LogP contribution < -0.4 is 21.3 Å². The van der Waals surface area contributed by atoms with Gasteiger partial charge in [-0.05, 0) is 119 Å². The molecular weight excluding hydrogens is 986 g/mol. The Kier molecular flexibility index (Phi) is 24.0. The van der Waals surface area contributed by atoms with Gasteiger partial charge in [-0.1, -0.05) is 142 Å². The molecule has 4 amide bonds. The SMILES string of the molecule is C/C=C(\C=N)C(=O)NCCC[C@@]1(C)OC(=O)Nc2ccc(Cl)c(F)c21.C/C=C(\C=N)C(=O)NCCC[C@@]1(C)OC(=O)Nc2ccc(Cl)c(F)c21.CC1CC1.CCc1ccccc1.C[C@@H](CC1CC1)c1ccccc1. The third kappa shape index (κ3) is 18.5. The number of amides is 4. The molecule has 0 saturated heterocycles. The molecule has 0 bridgehead atoms. The number of halogens is 4. The summed E-state index contributed by atoms with van der Waals surface area (Å²) < 4.78 is 39.6. The van der Waals surface area contributed by atoms with Crippen LogP contribution >= 0.6 is 23.2 Å². The van der Waals surface area contributed by atoms with E-state index in [-0.39, 0.29) is 44.1 Å². The Morgan fingerprint density at radius 1 is 0.716 bits per heavy atom. The Morgan fingerprint density at radius 2 is 1.12 bits per heavy atom. The van der Waals surface area contributed by atoms with Gasteiger partial charge < -0.3 is 30.9 Å². The number of hydrogen-bond donors (Lipinski definition) is 6. The zero-order valence-corrected chi connectivity index (χ0v) is 45.1. The Balaban J connectivity index is 0.000000223. The summed E-state index contributed by atoms with van der Waals surface area (Å²) in [6, 6.07) is 27.1. The molecule has 74 heavy (non-hydrogen) atoms. The number of carbonyl (C=O) groups excluding carboxylic acids is 4. The molecule has 8 rings (SSSR count). The van der Waals surface area contributed by atoms with Crippen LogP contribution in [0.5, 0.6) is 0 Å². The fourth-order valence-electron chi connectivity index (χ4n) is 8.15. The van der Waals surface area contributed by atoms with E-state index in [1.807, 2.05) is 6.07 Å². The number of nitrogens with one attached hydrogen (secondary N) is 6. The summed E-state index contributed by atoms with van der Waals surface area (Å²) in [4.78, 5) is 47.1. The van der Waals surface area contributed by atoms with Crippen molar-refractivity contribution in [2.75, 3.05) is 23.7 Å². The Hall–Kier alpha value is -6.38. The van der Waals surface area contributed by atoms with Crippen molar-refractivity contribution in [3.8, 4) is 0 Å². The maximum atomic E-state index is 14.5. The van der Waals surface area contributed by atoms with Gasteiger partial charge in [0.25, 0.3) is 11.8 Å². The maximum absolute atomic E-state index is 14.5. The van der Waals surface area contributed by atoms with Crippen LogP contribution in [0.3, 0.4) is 0 Å². The standard InChI is InChI=1S/2C17H19ClFN3O3.C12H16.C8H10.C4H8/c2*1-3-10(9-20)15(23)21-8-4-7-17(2)13-12(22-16(24)25-17)6-5-11(18)14(13)19;1-10(9-11-7-8-11)12-5-3-2-4-6-12;1-2-8-6-4-3-5-7-8;1-4-2-3-4/h2*3,5-6,9,20H,4,7-8H2,1-2H3,(H,21,23)(H,22,24);2-6,10-11H,7-9H2,1H3;3-7H,2H2,1H3;4H,2-3H2,1H3/b2*10-3+,20-9?;;;/t2*17-;10-;;/m110../s1.